The minimum absolute atomic E-state index is 0.0102. The third kappa shape index (κ3) is 3.08. The molecule has 5 nitrogen and oxygen atoms in total. The van der Waals surface area contributed by atoms with Gasteiger partial charge in [-0.15, -0.1) is 0 Å². The Morgan fingerprint density at radius 3 is 2.61 bits per heavy atom. The van der Waals surface area contributed by atoms with E-state index in [1.807, 2.05) is 30.3 Å². The molecule has 2 rings (SSSR count). The summed E-state index contributed by atoms with van der Waals surface area (Å²) in [7, 11) is -3.06. The quantitative estimate of drug-likeness (QED) is 0.845. The molecule has 1 unspecified atom stereocenters. The second-order valence-electron chi connectivity index (χ2n) is 4.41. The maximum Gasteiger partial charge on any atom is 0.238 e. The van der Waals surface area contributed by atoms with Gasteiger partial charge in [-0.3, -0.25) is 10.1 Å². The Morgan fingerprint density at radius 2 is 2.00 bits per heavy atom. The summed E-state index contributed by atoms with van der Waals surface area (Å²) < 4.78 is 22.4. The van der Waals surface area contributed by atoms with Crippen LogP contribution in [-0.4, -0.2) is 44.3 Å². The van der Waals surface area contributed by atoms with Gasteiger partial charge in [-0.05, 0) is 5.56 Å². The SMILES string of the molecule is CS(=O)(=O)CCN1C(=O)CNC1c1ccccc1. The lowest BCUT2D eigenvalue weighted by Gasteiger charge is -2.24. The van der Waals surface area contributed by atoms with Crippen LogP contribution < -0.4 is 5.32 Å². The Morgan fingerprint density at radius 1 is 1.33 bits per heavy atom. The van der Waals surface area contributed by atoms with Crippen molar-refractivity contribution in [2.45, 2.75) is 6.17 Å². The van der Waals surface area contributed by atoms with Gasteiger partial charge in [0.2, 0.25) is 5.91 Å². The van der Waals surface area contributed by atoms with E-state index in [4.69, 9.17) is 0 Å². The zero-order valence-electron chi connectivity index (χ0n) is 10.2. The van der Waals surface area contributed by atoms with Crippen LogP contribution in [0.2, 0.25) is 0 Å². The Balaban J connectivity index is 2.13. The number of benzene rings is 1. The van der Waals surface area contributed by atoms with Crippen LogP contribution in [0.1, 0.15) is 11.7 Å². The highest BCUT2D eigenvalue weighted by Crippen LogP contribution is 2.21. The molecule has 0 saturated carbocycles. The van der Waals surface area contributed by atoms with Crippen molar-refractivity contribution < 1.29 is 13.2 Å². The van der Waals surface area contributed by atoms with Gasteiger partial charge >= 0.3 is 0 Å². The van der Waals surface area contributed by atoms with Crippen molar-refractivity contribution in [3.8, 4) is 0 Å². The summed E-state index contributed by atoms with van der Waals surface area (Å²) in [5.41, 5.74) is 0.969. The molecular weight excluding hydrogens is 252 g/mol. The number of carbonyl (C=O) groups excluding carboxylic acids is 1. The molecule has 1 fully saturated rings. The third-order valence-corrected chi connectivity index (χ3v) is 3.82. The van der Waals surface area contributed by atoms with E-state index in [0.717, 1.165) is 5.56 Å². The fourth-order valence-corrected chi connectivity index (χ4v) is 2.52. The summed E-state index contributed by atoms with van der Waals surface area (Å²) in [5.74, 6) is -0.0727. The van der Waals surface area contributed by atoms with Crippen LogP contribution in [0.4, 0.5) is 0 Å². The number of nitrogens with zero attached hydrogens (tertiary/aromatic N) is 1. The summed E-state index contributed by atoms with van der Waals surface area (Å²) in [6, 6.07) is 9.54. The first-order valence-corrected chi connectivity index (χ1v) is 7.79. The molecule has 1 saturated heterocycles. The van der Waals surface area contributed by atoms with Crippen molar-refractivity contribution in [1.29, 1.82) is 0 Å². The monoisotopic (exact) mass is 268 g/mol. The Kier molecular flexibility index (Phi) is 3.68. The molecule has 1 aliphatic rings. The first-order valence-electron chi connectivity index (χ1n) is 5.73. The largest absolute Gasteiger partial charge is 0.321 e. The van der Waals surface area contributed by atoms with Crippen molar-refractivity contribution in [3.63, 3.8) is 0 Å². The highest BCUT2D eigenvalue weighted by Gasteiger charge is 2.31. The van der Waals surface area contributed by atoms with Gasteiger partial charge in [0, 0.05) is 12.8 Å². The number of hydrogen-bond acceptors (Lipinski definition) is 4. The molecule has 98 valence electrons. The van der Waals surface area contributed by atoms with Crippen molar-refractivity contribution >= 4 is 15.7 Å². The minimum Gasteiger partial charge on any atom is -0.321 e. The van der Waals surface area contributed by atoms with Crippen molar-refractivity contribution in [1.82, 2.24) is 10.2 Å². The molecule has 18 heavy (non-hydrogen) atoms. The second kappa shape index (κ2) is 5.07. The first kappa shape index (κ1) is 13.0. The van der Waals surface area contributed by atoms with Gasteiger partial charge in [-0.1, -0.05) is 30.3 Å². The van der Waals surface area contributed by atoms with Crippen LogP contribution in [0.25, 0.3) is 0 Å². The predicted molar refractivity (Wildman–Crippen MR) is 68.6 cm³/mol. The maximum atomic E-state index is 11.7. The summed E-state index contributed by atoms with van der Waals surface area (Å²) in [6.45, 7) is 0.480. The molecule has 1 heterocycles. The normalized spacial score (nSPS) is 20.4. The molecular formula is C12H16N2O3S. The average molecular weight is 268 g/mol. The van der Waals surface area contributed by atoms with E-state index < -0.39 is 9.84 Å². The summed E-state index contributed by atoms with van der Waals surface area (Å²) >= 11 is 0. The Hall–Kier alpha value is -1.40. The average Bonchev–Trinajstić information content (AvgIpc) is 2.68. The lowest BCUT2D eigenvalue weighted by Crippen LogP contribution is -2.34. The number of amides is 1. The fraction of sp³-hybridized carbons (Fsp3) is 0.417. The van der Waals surface area contributed by atoms with Gasteiger partial charge < -0.3 is 4.90 Å². The smallest absolute Gasteiger partial charge is 0.238 e. The van der Waals surface area contributed by atoms with E-state index in [2.05, 4.69) is 5.32 Å². The predicted octanol–water partition coefficient (Wildman–Crippen LogP) is 0.162. The molecule has 1 aromatic rings. The highest BCUT2D eigenvalue weighted by molar-refractivity contribution is 7.90. The molecule has 0 aromatic heterocycles. The van der Waals surface area contributed by atoms with Gasteiger partial charge in [-0.2, -0.15) is 0 Å². The van der Waals surface area contributed by atoms with Gasteiger partial charge in [0.15, 0.2) is 0 Å². The molecule has 1 N–H and O–H groups in total. The standard InChI is InChI=1S/C12H16N2O3S/c1-18(16,17)8-7-14-11(15)9-13-12(14)10-5-3-2-4-6-10/h2-6,12-13H,7-9H2,1H3. The van der Waals surface area contributed by atoms with Crippen molar-refractivity contribution in [3.05, 3.63) is 35.9 Å². The van der Waals surface area contributed by atoms with Crippen molar-refractivity contribution in [2.24, 2.45) is 0 Å². The summed E-state index contributed by atoms with van der Waals surface area (Å²) in [4.78, 5) is 13.3. The molecule has 6 heteroatoms. The molecule has 0 aliphatic carbocycles. The first-order chi connectivity index (χ1) is 8.47. The number of carbonyl (C=O) groups is 1. The minimum atomic E-state index is -3.06. The summed E-state index contributed by atoms with van der Waals surface area (Å²) in [6.07, 6.45) is 0.957. The van der Waals surface area contributed by atoms with E-state index >= 15 is 0 Å². The van der Waals surface area contributed by atoms with Crippen LogP contribution in [0.15, 0.2) is 30.3 Å². The van der Waals surface area contributed by atoms with Gasteiger partial charge in [0.05, 0.1) is 12.3 Å². The Labute approximate surface area is 107 Å². The van der Waals surface area contributed by atoms with E-state index in [1.165, 1.54) is 6.26 Å². The molecule has 1 aliphatic heterocycles. The van der Waals surface area contributed by atoms with Crippen LogP contribution in [-0.2, 0) is 14.6 Å². The van der Waals surface area contributed by atoms with Gasteiger partial charge in [0.1, 0.15) is 16.0 Å². The van der Waals surface area contributed by atoms with Crippen LogP contribution in [0.3, 0.4) is 0 Å². The lowest BCUT2D eigenvalue weighted by molar-refractivity contribution is -0.127. The number of sulfone groups is 1. The zero-order chi connectivity index (χ0) is 13.2. The number of rotatable bonds is 4. The van der Waals surface area contributed by atoms with E-state index in [9.17, 15) is 13.2 Å². The summed E-state index contributed by atoms with van der Waals surface area (Å²) in [5, 5.41) is 3.09. The maximum absolute atomic E-state index is 11.7. The third-order valence-electron chi connectivity index (χ3n) is 2.90. The van der Waals surface area contributed by atoms with E-state index in [0.29, 0.717) is 0 Å². The van der Waals surface area contributed by atoms with E-state index in [1.54, 1.807) is 4.90 Å². The highest BCUT2D eigenvalue weighted by atomic mass is 32.2. The zero-order valence-corrected chi connectivity index (χ0v) is 11.0. The number of nitrogens with one attached hydrogen (secondary N) is 1. The second-order valence-corrected chi connectivity index (χ2v) is 6.67. The van der Waals surface area contributed by atoms with E-state index in [-0.39, 0.29) is 30.9 Å². The fourth-order valence-electron chi connectivity index (χ4n) is 1.99. The lowest BCUT2D eigenvalue weighted by atomic mass is 10.1. The molecule has 1 amide bonds. The Bertz CT molecular complexity index is 528. The molecule has 1 aromatic carbocycles. The molecule has 0 radical (unpaired) electrons. The molecule has 1 atom stereocenters. The molecule has 0 spiro atoms. The van der Waals surface area contributed by atoms with Gasteiger partial charge in [-0.25, -0.2) is 8.42 Å². The van der Waals surface area contributed by atoms with Crippen LogP contribution >= 0.6 is 0 Å². The van der Waals surface area contributed by atoms with Gasteiger partial charge in [0.25, 0.3) is 0 Å². The number of hydrogen-bond donors (Lipinski definition) is 1. The molecule has 0 bridgehead atoms. The van der Waals surface area contributed by atoms with Crippen LogP contribution in [0.5, 0.6) is 0 Å². The van der Waals surface area contributed by atoms with Crippen LogP contribution in [0, 0.1) is 0 Å². The van der Waals surface area contributed by atoms with Crippen molar-refractivity contribution in [2.75, 3.05) is 25.1 Å². The topological polar surface area (TPSA) is 66.5 Å².